The third kappa shape index (κ3) is 3.42. The van der Waals surface area contributed by atoms with Crippen LogP contribution < -0.4 is 0 Å². The fourth-order valence-corrected chi connectivity index (χ4v) is 1.08. The first-order valence-corrected chi connectivity index (χ1v) is 4.07. The van der Waals surface area contributed by atoms with Crippen molar-refractivity contribution < 1.29 is 24.4 Å². The smallest absolute Gasteiger partial charge is 0.338 e. The van der Waals surface area contributed by atoms with Crippen LogP contribution in [0.25, 0.3) is 0 Å². The van der Waals surface area contributed by atoms with Crippen molar-refractivity contribution in [3.05, 3.63) is 39.4 Å². The quantitative estimate of drug-likeness (QED) is 0.502. The third-order valence-corrected chi connectivity index (χ3v) is 1.80. The second-order valence-corrected chi connectivity index (χ2v) is 2.82. The lowest BCUT2D eigenvalue weighted by Gasteiger charge is -2.01. The number of aromatic carboxylic acids is 1. The number of nitro benzene ring substituents is 1. The number of nitrogens with zero attached hydrogens (tertiary/aromatic N) is 1. The first-order valence-electron chi connectivity index (χ1n) is 4.07. The molecule has 0 heterocycles. The molecule has 0 bridgehead atoms. The summed E-state index contributed by atoms with van der Waals surface area (Å²) in [5, 5.41) is 19.2. The Kier molecular flexibility index (Phi) is 5.07. The maximum absolute atomic E-state index is 11.1. The van der Waals surface area contributed by atoms with Crippen LogP contribution in [-0.2, 0) is 4.74 Å². The Balaban J connectivity index is 0.00000256. The molecule has 0 aliphatic carbocycles. The maximum Gasteiger partial charge on any atom is 0.338 e. The first kappa shape index (κ1) is 14.8. The van der Waals surface area contributed by atoms with E-state index in [4.69, 9.17) is 5.11 Å². The fourth-order valence-electron chi connectivity index (χ4n) is 1.08. The van der Waals surface area contributed by atoms with E-state index in [0.717, 1.165) is 25.3 Å². The molecule has 92 valence electrons. The van der Waals surface area contributed by atoms with Crippen LogP contribution in [0.2, 0.25) is 0 Å². The Morgan fingerprint density at radius 2 is 1.82 bits per heavy atom. The van der Waals surface area contributed by atoms with Gasteiger partial charge in [-0.1, -0.05) is 0 Å². The van der Waals surface area contributed by atoms with Gasteiger partial charge in [0.15, 0.2) is 0 Å². The SMILES string of the molecule is COC(=O)c1cc(C(=O)O)cc([N+](=O)[O-])c1.Cl. The number of methoxy groups -OCH3 is 1. The lowest BCUT2D eigenvalue weighted by atomic mass is 10.1. The van der Waals surface area contributed by atoms with Crippen molar-refractivity contribution in [2.75, 3.05) is 7.11 Å². The summed E-state index contributed by atoms with van der Waals surface area (Å²) >= 11 is 0. The highest BCUT2D eigenvalue weighted by atomic mass is 35.5. The topological polar surface area (TPSA) is 107 Å². The number of carboxylic acid groups (broad SMARTS) is 1. The van der Waals surface area contributed by atoms with E-state index in [1.807, 2.05) is 0 Å². The van der Waals surface area contributed by atoms with E-state index in [1.165, 1.54) is 0 Å². The molecule has 1 N–H and O–H groups in total. The minimum atomic E-state index is -1.35. The van der Waals surface area contributed by atoms with E-state index >= 15 is 0 Å². The number of esters is 1. The molecule has 1 aromatic carbocycles. The zero-order valence-corrected chi connectivity index (χ0v) is 9.39. The largest absolute Gasteiger partial charge is 0.478 e. The van der Waals surface area contributed by atoms with Gasteiger partial charge < -0.3 is 9.84 Å². The van der Waals surface area contributed by atoms with Crippen molar-refractivity contribution in [3.8, 4) is 0 Å². The van der Waals surface area contributed by atoms with E-state index in [1.54, 1.807) is 0 Å². The van der Waals surface area contributed by atoms with Crippen molar-refractivity contribution in [1.82, 2.24) is 0 Å². The lowest BCUT2D eigenvalue weighted by molar-refractivity contribution is -0.384. The summed E-state index contributed by atoms with van der Waals surface area (Å²) in [6, 6.07) is 2.84. The predicted molar refractivity (Wildman–Crippen MR) is 58.6 cm³/mol. The van der Waals surface area contributed by atoms with E-state index in [0.29, 0.717) is 0 Å². The van der Waals surface area contributed by atoms with Gasteiger partial charge in [-0.3, -0.25) is 10.1 Å². The van der Waals surface area contributed by atoms with Crippen LogP contribution in [0.1, 0.15) is 20.7 Å². The monoisotopic (exact) mass is 261 g/mol. The Bertz CT molecular complexity index is 440. The van der Waals surface area contributed by atoms with Crippen LogP contribution in [-0.4, -0.2) is 29.1 Å². The summed E-state index contributed by atoms with van der Waals surface area (Å²) in [7, 11) is 1.10. The molecule has 0 aliphatic heterocycles. The van der Waals surface area contributed by atoms with E-state index in [-0.39, 0.29) is 23.5 Å². The molecular formula is C9H8ClNO6. The van der Waals surface area contributed by atoms with Gasteiger partial charge in [0, 0.05) is 12.1 Å². The minimum absolute atomic E-state index is 0. The summed E-state index contributed by atoms with van der Waals surface area (Å²) in [5.74, 6) is -2.18. The van der Waals surface area contributed by atoms with Crippen molar-refractivity contribution in [1.29, 1.82) is 0 Å². The third-order valence-electron chi connectivity index (χ3n) is 1.80. The molecule has 0 unspecified atom stereocenters. The van der Waals surface area contributed by atoms with Gasteiger partial charge in [-0.2, -0.15) is 0 Å². The minimum Gasteiger partial charge on any atom is -0.478 e. The number of carbonyl (C=O) groups excluding carboxylic acids is 1. The zero-order chi connectivity index (χ0) is 12.3. The van der Waals surface area contributed by atoms with Crippen LogP contribution >= 0.6 is 12.4 Å². The highest BCUT2D eigenvalue weighted by molar-refractivity contribution is 5.95. The number of carboxylic acids is 1. The van der Waals surface area contributed by atoms with E-state index in [9.17, 15) is 19.7 Å². The number of nitro groups is 1. The molecule has 0 aliphatic rings. The lowest BCUT2D eigenvalue weighted by Crippen LogP contribution is -2.06. The van der Waals surface area contributed by atoms with Crippen molar-refractivity contribution in [2.24, 2.45) is 0 Å². The van der Waals surface area contributed by atoms with Crippen LogP contribution in [0.5, 0.6) is 0 Å². The highest BCUT2D eigenvalue weighted by Crippen LogP contribution is 2.18. The number of hydrogen-bond donors (Lipinski definition) is 1. The molecule has 0 atom stereocenters. The van der Waals surface area contributed by atoms with Crippen LogP contribution in [0.4, 0.5) is 5.69 Å². The standard InChI is InChI=1S/C9H7NO6.ClH/c1-16-9(13)6-2-5(8(11)12)3-7(4-6)10(14)15;/h2-4H,1H3,(H,11,12);1H. The Morgan fingerprint density at radius 1 is 1.29 bits per heavy atom. The molecule has 0 fully saturated rings. The van der Waals surface area contributed by atoms with Gasteiger partial charge in [-0.15, -0.1) is 12.4 Å². The molecule has 0 spiro atoms. The molecular weight excluding hydrogens is 254 g/mol. The summed E-state index contributed by atoms with van der Waals surface area (Å²) in [6.07, 6.45) is 0. The molecule has 8 heteroatoms. The Morgan fingerprint density at radius 3 is 2.24 bits per heavy atom. The molecule has 0 radical (unpaired) electrons. The normalized spacial score (nSPS) is 9.00. The Hall–Kier alpha value is -2.15. The van der Waals surface area contributed by atoms with Crippen LogP contribution in [0, 0.1) is 10.1 Å². The van der Waals surface area contributed by atoms with Crippen molar-refractivity contribution >= 4 is 30.0 Å². The molecule has 0 saturated heterocycles. The van der Waals surface area contributed by atoms with Gasteiger partial charge in [0.05, 0.1) is 23.2 Å². The van der Waals surface area contributed by atoms with Gasteiger partial charge in [0.2, 0.25) is 0 Å². The predicted octanol–water partition coefficient (Wildman–Crippen LogP) is 1.50. The van der Waals surface area contributed by atoms with Crippen molar-refractivity contribution in [2.45, 2.75) is 0 Å². The van der Waals surface area contributed by atoms with E-state index < -0.39 is 22.5 Å². The van der Waals surface area contributed by atoms with Crippen LogP contribution in [0.3, 0.4) is 0 Å². The molecule has 1 rings (SSSR count). The number of non-ortho nitro benzene ring substituents is 1. The Labute approximate surface area is 102 Å². The average molecular weight is 262 g/mol. The number of rotatable bonds is 3. The van der Waals surface area contributed by atoms with Crippen LogP contribution in [0.15, 0.2) is 18.2 Å². The second-order valence-electron chi connectivity index (χ2n) is 2.82. The second kappa shape index (κ2) is 5.80. The summed E-state index contributed by atoms with van der Waals surface area (Å²) in [4.78, 5) is 31.5. The molecule has 0 amide bonds. The highest BCUT2D eigenvalue weighted by Gasteiger charge is 2.17. The number of ether oxygens (including phenoxy) is 1. The number of benzene rings is 1. The number of carbonyl (C=O) groups is 2. The maximum atomic E-state index is 11.1. The molecule has 0 aromatic heterocycles. The molecule has 7 nitrogen and oxygen atoms in total. The van der Waals surface area contributed by atoms with Gasteiger partial charge in [0.25, 0.3) is 5.69 Å². The molecule has 1 aromatic rings. The first-order chi connectivity index (χ1) is 7.45. The summed E-state index contributed by atoms with van der Waals surface area (Å²) in [6.45, 7) is 0. The number of hydrogen-bond acceptors (Lipinski definition) is 5. The molecule has 17 heavy (non-hydrogen) atoms. The summed E-state index contributed by atoms with van der Waals surface area (Å²) in [5.41, 5.74) is -0.982. The fraction of sp³-hybridized carbons (Fsp3) is 0.111. The molecule has 0 saturated carbocycles. The van der Waals surface area contributed by atoms with E-state index in [2.05, 4.69) is 4.74 Å². The zero-order valence-electron chi connectivity index (χ0n) is 8.58. The van der Waals surface area contributed by atoms with Gasteiger partial charge in [0.1, 0.15) is 0 Å². The number of halogens is 1. The van der Waals surface area contributed by atoms with Gasteiger partial charge in [-0.05, 0) is 6.07 Å². The average Bonchev–Trinajstić information content (AvgIpc) is 2.27. The summed E-state index contributed by atoms with van der Waals surface area (Å²) < 4.78 is 4.35. The van der Waals surface area contributed by atoms with Crippen molar-refractivity contribution in [3.63, 3.8) is 0 Å². The van der Waals surface area contributed by atoms with Gasteiger partial charge in [-0.25, -0.2) is 9.59 Å². The van der Waals surface area contributed by atoms with Gasteiger partial charge >= 0.3 is 11.9 Å².